The summed E-state index contributed by atoms with van der Waals surface area (Å²) in [5.41, 5.74) is 3.03. The minimum atomic E-state index is -0.430. The number of amides is 1. The molecule has 24 heavy (non-hydrogen) atoms. The smallest absolute Gasteiger partial charge is 0.337 e. The second-order valence-corrected chi connectivity index (χ2v) is 5.58. The van der Waals surface area contributed by atoms with E-state index in [0.717, 1.165) is 16.5 Å². The van der Waals surface area contributed by atoms with Gasteiger partial charge in [0.2, 0.25) is 5.91 Å². The van der Waals surface area contributed by atoms with E-state index in [0.29, 0.717) is 11.3 Å². The van der Waals surface area contributed by atoms with Gasteiger partial charge >= 0.3 is 5.97 Å². The van der Waals surface area contributed by atoms with Crippen molar-refractivity contribution in [2.24, 2.45) is 7.05 Å². The molecule has 3 rings (SSSR count). The summed E-state index contributed by atoms with van der Waals surface area (Å²) in [6, 6.07) is 14.7. The Balaban J connectivity index is 1.77. The van der Waals surface area contributed by atoms with E-state index < -0.39 is 5.97 Å². The quantitative estimate of drug-likeness (QED) is 0.751. The second kappa shape index (κ2) is 6.58. The average Bonchev–Trinajstić information content (AvgIpc) is 2.90. The van der Waals surface area contributed by atoms with Crippen molar-refractivity contribution in [3.63, 3.8) is 0 Å². The van der Waals surface area contributed by atoms with Gasteiger partial charge in [-0.2, -0.15) is 0 Å². The number of hydrogen-bond donors (Lipinski definition) is 1. The zero-order valence-corrected chi connectivity index (χ0v) is 13.6. The molecular formula is C19H18N2O3. The molecule has 0 aliphatic heterocycles. The molecule has 0 fully saturated rings. The van der Waals surface area contributed by atoms with Gasteiger partial charge in [0.05, 0.1) is 19.1 Å². The minimum absolute atomic E-state index is 0.131. The summed E-state index contributed by atoms with van der Waals surface area (Å²) in [5, 5.41) is 3.90. The first-order chi connectivity index (χ1) is 11.6. The number of aromatic nitrogens is 1. The zero-order chi connectivity index (χ0) is 17.1. The molecular weight excluding hydrogens is 304 g/mol. The highest BCUT2D eigenvalue weighted by Crippen LogP contribution is 2.21. The highest BCUT2D eigenvalue weighted by Gasteiger charge is 2.12. The van der Waals surface area contributed by atoms with Crippen LogP contribution >= 0.6 is 0 Å². The van der Waals surface area contributed by atoms with Crippen LogP contribution in [0.15, 0.2) is 54.7 Å². The number of esters is 1. The first kappa shape index (κ1) is 15.8. The SMILES string of the molecule is COC(=O)c1cccc(NC(=O)Cc2cn(C)c3ccccc23)c1. The van der Waals surface area contributed by atoms with Crippen LogP contribution in [0.5, 0.6) is 0 Å². The Morgan fingerprint density at radius 1 is 1.12 bits per heavy atom. The maximum atomic E-state index is 12.3. The molecule has 0 spiro atoms. The van der Waals surface area contributed by atoms with Crippen LogP contribution in [0.3, 0.4) is 0 Å². The van der Waals surface area contributed by atoms with Crippen molar-refractivity contribution < 1.29 is 14.3 Å². The number of nitrogens with zero attached hydrogens (tertiary/aromatic N) is 1. The predicted molar refractivity (Wildman–Crippen MR) is 93.0 cm³/mol. The van der Waals surface area contributed by atoms with Gasteiger partial charge < -0.3 is 14.6 Å². The van der Waals surface area contributed by atoms with Gasteiger partial charge in [-0.05, 0) is 29.8 Å². The van der Waals surface area contributed by atoms with Gasteiger partial charge in [0.25, 0.3) is 0 Å². The van der Waals surface area contributed by atoms with Crippen molar-refractivity contribution in [3.8, 4) is 0 Å². The molecule has 0 unspecified atom stereocenters. The van der Waals surface area contributed by atoms with Crippen molar-refractivity contribution in [1.29, 1.82) is 0 Å². The molecule has 3 aromatic rings. The first-order valence-electron chi connectivity index (χ1n) is 7.59. The maximum Gasteiger partial charge on any atom is 0.337 e. The summed E-state index contributed by atoms with van der Waals surface area (Å²) in [5.74, 6) is -0.562. The van der Waals surface area contributed by atoms with Gasteiger partial charge in [0, 0.05) is 29.8 Å². The lowest BCUT2D eigenvalue weighted by atomic mass is 10.1. The maximum absolute atomic E-state index is 12.3. The predicted octanol–water partition coefficient (Wildman–Crippen LogP) is 3.15. The van der Waals surface area contributed by atoms with E-state index in [2.05, 4.69) is 10.1 Å². The van der Waals surface area contributed by atoms with Gasteiger partial charge in [-0.1, -0.05) is 24.3 Å². The average molecular weight is 322 g/mol. The van der Waals surface area contributed by atoms with Crippen LogP contribution in [-0.2, 0) is 23.0 Å². The van der Waals surface area contributed by atoms with Gasteiger partial charge in [-0.15, -0.1) is 0 Å². The van der Waals surface area contributed by atoms with Crippen LogP contribution < -0.4 is 5.32 Å². The van der Waals surface area contributed by atoms with Gasteiger partial charge in [-0.3, -0.25) is 4.79 Å². The number of methoxy groups -OCH3 is 1. The summed E-state index contributed by atoms with van der Waals surface area (Å²) in [4.78, 5) is 23.9. The molecule has 5 heteroatoms. The van der Waals surface area contributed by atoms with Crippen molar-refractivity contribution in [3.05, 3.63) is 65.9 Å². The zero-order valence-electron chi connectivity index (χ0n) is 13.6. The fourth-order valence-corrected chi connectivity index (χ4v) is 2.79. The fourth-order valence-electron chi connectivity index (χ4n) is 2.79. The van der Waals surface area contributed by atoms with Crippen LogP contribution in [0.1, 0.15) is 15.9 Å². The molecule has 0 aliphatic carbocycles. The van der Waals surface area contributed by atoms with E-state index >= 15 is 0 Å². The standard InChI is InChI=1S/C19H18N2O3/c1-21-12-14(16-8-3-4-9-17(16)21)11-18(22)20-15-7-5-6-13(10-15)19(23)24-2/h3-10,12H,11H2,1-2H3,(H,20,22). The summed E-state index contributed by atoms with van der Waals surface area (Å²) in [7, 11) is 3.29. The fraction of sp³-hybridized carbons (Fsp3) is 0.158. The summed E-state index contributed by atoms with van der Waals surface area (Å²) in [6.07, 6.45) is 2.24. The van der Waals surface area contributed by atoms with Crippen molar-refractivity contribution in [2.75, 3.05) is 12.4 Å². The molecule has 1 aromatic heterocycles. The molecule has 0 aliphatic rings. The minimum Gasteiger partial charge on any atom is -0.465 e. The molecule has 122 valence electrons. The number of nitrogens with one attached hydrogen (secondary N) is 1. The highest BCUT2D eigenvalue weighted by molar-refractivity contribution is 5.97. The number of hydrogen-bond acceptors (Lipinski definition) is 3. The van der Waals surface area contributed by atoms with Crippen LogP contribution in [0, 0.1) is 0 Å². The lowest BCUT2D eigenvalue weighted by Gasteiger charge is -2.06. The Bertz CT molecular complexity index is 912. The molecule has 1 heterocycles. The Hall–Kier alpha value is -3.08. The van der Waals surface area contributed by atoms with Crippen molar-refractivity contribution in [2.45, 2.75) is 6.42 Å². The number of aryl methyl sites for hydroxylation is 1. The van der Waals surface area contributed by atoms with Crippen LogP contribution in [0.4, 0.5) is 5.69 Å². The van der Waals surface area contributed by atoms with Gasteiger partial charge in [0.15, 0.2) is 0 Å². The third-order valence-electron chi connectivity index (χ3n) is 3.90. The number of carbonyl (C=O) groups is 2. The van der Waals surface area contributed by atoms with E-state index in [4.69, 9.17) is 0 Å². The van der Waals surface area contributed by atoms with E-state index in [1.807, 2.05) is 42.1 Å². The third-order valence-corrected chi connectivity index (χ3v) is 3.90. The van der Waals surface area contributed by atoms with Crippen LogP contribution in [0.25, 0.3) is 10.9 Å². The lowest BCUT2D eigenvalue weighted by Crippen LogP contribution is -2.14. The molecule has 5 nitrogen and oxygen atoms in total. The topological polar surface area (TPSA) is 60.3 Å². The van der Waals surface area contributed by atoms with E-state index in [1.54, 1.807) is 24.3 Å². The summed E-state index contributed by atoms with van der Waals surface area (Å²) >= 11 is 0. The first-order valence-corrected chi connectivity index (χ1v) is 7.59. The Labute approximate surface area is 139 Å². The Kier molecular flexibility index (Phi) is 4.33. The molecule has 0 radical (unpaired) electrons. The van der Waals surface area contributed by atoms with E-state index in [-0.39, 0.29) is 12.3 Å². The van der Waals surface area contributed by atoms with Crippen molar-refractivity contribution in [1.82, 2.24) is 4.57 Å². The molecule has 2 aromatic carbocycles. The Morgan fingerprint density at radius 2 is 1.92 bits per heavy atom. The number of carbonyl (C=O) groups excluding carboxylic acids is 2. The number of anilines is 1. The van der Waals surface area contributed by atoms with Gasteiger partial charge in [0.1, 0.15) is 0 Å². The molecule has 0 saturated carbocycles. The highest BCUT2D eigenvalue weighted by atomic mass is 16.5. The largest absolute Gasteiger partial charge is 0.465 e. The second-order valence-electron chi connectivity index (χ2n) is 5.58. The number of benzene rings is 2. The normalized spacial score (nSPS) is 10.6. The molecule has 0 saturated heterocycles. The Morgan fingerprint density at radius 3 is 2.71 bits per heavy atom. The summed E-state index contributed by atoms with van der Waals surface area (Å²) in [6.45, 7) is 0. The third kappa shape index (κ3) is 3.15. The van der Waals surface area contributed by atoms with Crippen LogP contribution in [0.2, 0.25) is 0 Å². The lowest BCUT2D eigenvalue weighted by molar-refractivity contribution is -0.115. The van der Waals surface area contributed by atoms with E-state index in [1.165, 1.54) is 7.11 Å². The van der Waals surface area contributed by atoms with Crippen molar-refractivity contribution >= 4 is 28.5 Å². The summed E-state index contributed by atoms with van der Waals surface area (Å²) < 4.78 is 6.70. The molecule has 0 atom stereocenters. The molecule has 1 amide bonds. The van der Waals surface area contributed by atoms with Crippen LogP contribution in [-0.4, -0.2) is 23.6 Å². The number of para-hydroxylation sites is 1. The molecule has 1 N–H and O–H groups in total. The number of fused-ring (bicyclic) bond motifs is 1. The van der Waals surface area contributed by atoms with E-state index in [9.17, 15) is 9.59 Å². The molecule has 0 bridgehead atoms. The monoisotopic (exact) mass is 322 g/mol. The van der Waals surface area contributed by atoms with Gasteiger partial charge in [-0.25, -0.2) is 4.79 Å². The number of rotatable bonds is 4. The number of ether oxygens (including phenoxy) is 1.